The molecule has 6 heteroatoms. The van der Waals surface area contributed by atoms with Crippen LogP contribution in [0.25, 0.3) is 72.2 Å². The van der Waals surface area contributed by atoms with E-state index in [0.29, 0.717) is 45.2 Å². The lowest BCUT2D eigenvalue weighted by Crippen LogP contribution is -2.02. The first-order valence-corrected chi connectivity index (χ1v) is 13.3. The van der Waals surface area contributed by atoms with Crippen LogP contribution in [0.1, 0.15) is 0 Å². The predicted octanol–water partition coefficient (Wildman–Crippen LogP) is 8.95. The third-order valence-corrected chi connectivity index (χ3v) is 7.62. The van der Waals surface area contributed by atoms with E-state index >= 15 is 0 Å². The van der Waals surface area contributed by atoms with E-state index in [0.717, 1.165) is 32.8 Å². The van der Waals surface area contributed by atoms with Crippen molar-refractivity contribution in [2.24, 2.45) is 0 Å². The summed E-state index contributed by atoms with van der Waals surface area (Å²) in [6.07, 6.45) is 0. The number of methoxy groups -OCH3 is 1. The van der Waals surface area contributed by atoms with Gasteiger partial charge in [0.1, 0.15) is 17.0 Å². The zero-order valence-corrected chi connectivity index (χ0v) is 22.0. The minimum Gasteiger partial charge on any atom is -0.492 e. The van der Waals surface area contributed by atoms with Crippen molar-refractivity contribution in [1.29, 1.82) is 0 Å². The summed E-state index contributed by atoms with van der Waals surface area (Å²) in [7, 11) is 1.57. The lowest BCUT2D eigenvalue weighted by atomic mass is 10.0. The summed E-state index contributed by atoms with van der Waals surface area (Å²) in [6.45, 7) is 0. The van der Waals surface area contributed by atoms with Gasteiger partial charge in [-0.25, -0.2) is 14.4 Å². The van der Waals surface area contributed by atoms with Crippen molar-refractivity contribution in [2.45, 2.75) is 0 Å². The van der Waals surface area contributed by atoms with E-state index in [1.165, 1.54) is 6.07 Å². The Balaban J connectivity index is 1.49. The molecular weight excluding hydrogens is 513 g/mol. The molecule has 0 saturated heterocycles. The number of hydrogen-bond donors (Lipinski definition) is 0. The normalized spacial score (nSPS) is 11.7. The van der Waals surface area contributed by atoms with Gasteiger partial charge in [0.25, 0.3) is 0 Å². The Morgan fingerprint density at radius 3 is 2.00 bits per heavy atom. The topological polar surface area (TPSA) is 53.1 Å². The minimum absolute atomic E-state index is 0.334. The first-order chi connectivity index (χ1) is 20.2. The Bertz CT molecular complexity index is 2210. The van der Waals surface area contributed by atoms with Crippen LogP contribution < -0.4 is 4.74 Å². The van der Waals surface area contributed by atoms with Crippen molar-refractivity contribution in [3.8, 4) is 34.1 Å². The average molecular weight is 536 g/mol. The molecule has 3 aromatic heterocycles. The Labute approximate surface area is 234 Å². The zero-order valence-electron chi connectivity index (χ0n) is 22.0. The molecule has 0 aliphatic heterocycles. The Kier molecular flexibility index (Phi) is 5.15. The standard InChI is InChI=1S/C35H22FN3O2/c1-40-32-25(22-13-5-8-16-27(22)36)19-20-26-31-34(41-33(26)32)30(21-11-3-2-4-12-21)37-35(38-31)39-28-17-9-6-14-23(28)24-15-7-10-18-29(24)39/h2-20H,1H3. The molecule has 0 amide bonds. The van der Waals surface area contributed by atoms with E-state index in [2.05, 4.69) is 28.8 Å². The van der Waals surface area contributed by atoms with Crippen LogP contribution in [0.4, 0.5) is 4.39 Å². The van der Waals surface area contributed by atoms with Gasteiger partial charge >= 0.3 is 0 Å². The number of furan rings is 1. The number of halogens is 1. The summed E-state index contributed by atoms with van der Waals surface area (Å²) in [6, 6.07) is 36.9. The fourth-order valence-corrected chi connectivity index (χ4v) is 5.79. The Morgan fingerprint density at radius 2 is 1.29 bits per heavy atom. The summed E-state index contributed by atoms with van der Waals surface area (Å²) < 4.78 is 29.3. The van der Waals surface area contributed by atoms with Crippen LogP contribution in [0.3, 0.4) is 0 Å². The molecule has 41 heavy (non-hydrogen) atoms. The van der Waals surface area contributed by atoms with Crippen molar-refractivity contribution in [1.82, 2.24) is 14.5 Å². The van der Waals surface area contributed by atoms with Crippen molar-refractivity contribution in [2.75, 3.05) is 7.11 Å². The molecule has 196 valence electrons. The number of ether oxygens (including phenoxy) is 1. The highest BCUT2D eigenvalue weighted by Gasteiger charge is 2.24. The van der Waals surface area contributed by atoms with Crippen molar-refractivity contribution in [3.05, 3.63) is 121 Å². The van der Waals surface area contributed by atoms with E-state index < -0.39 is 0 Å². The number of hydrogen-bond acceptors (Lipinski definition) is 4. The van der Waals surface area contributed by atoms with Crippen LogP contribution >= 0.6 is 0 Å². The second-order valence-electron chi connectivity index (χ2n) is 9.89. The van der Waals surface area contributed by atoms with Crippen molar-refractivity contribution < 1.29 is 13.5 Å². The number of fused-ring (bicyclic) bond motifs is 6. The molecule has 0 unspecified atom stereocenters. The van der Waals surface area contributed by atoms with E-state index in [4.69, 9.17) is 19.1 Å². The highest BCUT2D eigenvalue weighted by Crippen LogP contribution is 2.43. The maximum Gasteiger partial charge on any atom is 0.236 e. The minimum atomic E-state index is -0.334. The van der Waals surface area contributed by atoms with Crippen LogP contribution in [0, 0.1) is 5.82 Å². The first-order valence-electron chi connectivity index (χ1n) is 13.3. The highest BCUT2D eigenvalue weighted by atomic mass is 19.1. The molecule has 5 nitrogen and oxygen atoms in total. The zero-order chi connectivity index (χ0) is 27.5. The van der Waals surface area contributed by atoms with Gasteiger partial charge in [0.2, 0.25) is 5.95 Å². The monoisotopic (exact) mass is 535 g/mol. The van der Waals surface area contributed by atoms with Crippen LogP contribution in [-0.4, -0.2) is 21.6 Å². The van der Waals surface area contributed by atoms with E-state index in [-0.39, 0.29) is 5.82 Å². The number of nitrogens with zero attached hydrogens (tertiary/aromatic N) is 3. The molecule has 0 fully saturated rings. The lowest BCUT2D eigenvalue weighted by molar-refractivity contribution is 0.413. The number of para-hydroxylation sites is 2. The molecule has 8 rings (SSSR count). The molecule has 8 aromatic rings. The first kappa shape index (κ1) is 23.4. The fourth-order valence-electron chi connectivity index (χ4n) is 5.79. The van der Waals surface area contributed by atoms with Gasteiger partial charge in [-0.1, -0.05) is 84.9 Å². The van der Waals surface area contributed by atoms with Crippen LogP contribution in [-0.2, 0) is 0 Å². The largest absolute Gasteiger partial charge is 0.492 e. The van der Waals surface area contributed by atoms with Gasteiger partial charge in [-0.3, -0.25) is 4.57 Å². The highest BCUT2D eigenvalue weighted by molar-refractivity contribution is 6.11. The molecular formula is C35H22FN3O2. The molecule has 3 heterocycles. The molecule has 0 aliphatic rings. The molecule has 0 bridgehead atoms. The van der Waals surface area contributed by atoms with Crippen LogP contribution in [0.2, 0.25) is 0 Å². The van der Waals surface area contributed by atoms with Gasteiger partial charge in [-0.05, 0) is 30.3 Å². The third kappa shape index (κ3) is 3.47. The van der Waals surface area contributed by atoms with Gasteiger partial charge in [0.05, 0.1) is 23.5 Å². The molecule has 0 atom stereocenters. The van der Waals surface area contributed by atoms with Gasteiger partial charge in [-0.15, -0.1) is 0 Å². The smallest absolute Gasteiger partial charge is 0.236 e. The molecule has 5 aromatic carbocycles. The average Bonchev–Trinajstić information content (AvgIpc) is 3.57. The summed E-state index contributed by atoms with van der Waals surface area (Å²) >= 11 is 0. The molecule has 0 radical (unpaired) electrons. The third-order valence-electron chi connectivity index (χ3n) is 7.62. The SMILES string of the molecule is COc1c(-c2ccccc2F)ccc2c1oc1c(-c3ccccc3)nc(-n3c4ccccc4c4ccccc43)nc12. The van der Waals surface area contributed by atoms with Gasteiger partial charge in [0.15, 0.2) is 16.9 Å². The van der Waals surface area contributed by atoms with E-state index in [9.17, 15) is 4.39 Å². The Hall–Kier alpha value is -5.49. The molecule has 0 saturated carbocycles. The second kappa shape index (κ2) is 9.03. The fraction of sp³-hybridized carbons (Fsp3) is 0.0286. The van der Waals surface area contributed by atoms with E-state index in [1.54, 1.807) is 25.3 Å². The van der Waals surface area contributed by atoms with Crippen LogP contribution in [0.5, 0.6) is 5.75 Å². The molecule has 0 aliphatic carbocycles. The number of aromatic nitrogens is 3. The lowest BCUT2D eigenvalue weighted by Gasteiger charge is -2.10. The maximum atomic E-state index is 14.8. The van der Waals surface area contributed by atoms with Crippen LogP contribution in [0.15, 0.2) is 120 Å². The number of benzene rings is 5. The summed E-state index contributed by atoms with van der Waals surface area (Å²) in [4.78, 5) is 10.2. The van der Waals surface area contributed by atoms with Crippen molar-refractivity contribution in [3.63, 3.8) is 0 Å². The van der Waals surface area contributed by atoms with Gasteiger partial charge in [-0.2, -0.15) is 0 Å². The summed E-state index contributed by atoms with van der Waals surface area (Å²) in [5.41, 5.74) is 6.32. The quantitative estimate of drug-likeness (QED) is 0.226. The van der Waals surface area contributed by atoms with Gasteiger partial charge < -0.3 is 9.15 Å². The Morgan fingerprint density at radius 1 is 0.634 bits per heavy atom. The predicted molar refractivity (Wildman–Crippen MR) is 161 cm³/mol. The molecule has 0 N–H and O–H groups in total. The van der Waals surface area contributed by atoms with Gasteiger partial charge in [0, 0.05) is 27.5 Å². The summed E-state index contributed by atoms with van der Waals surface area (Å²) in [5, 5.41) is 3.01. The van der Waals surface area contributed by atoms with Crippen molar-refractivity contribution >= 4 is 43.9 Å². The van der Waals surface area contributed by atoms with E-state index in [1.807, 2.05) is 66.7 Å². The summed E-state index contributed by atoms with van der Waals surface area (Å²) in [5.74, 6) is 0.649. The number of rotatable bonds is 4. The second-order valence-corrected chi connectivity index (χ2v) is 9.89. The maximum absolute atomic E-state index is 14.8. The molecule has 0 spiro atoms.